The summed E-state index contributed by atoms with van der Waals surface area (Å²) in [4.78, 5) is 29.2. The number of rotatable bonds is 7. The van der Waals surface area contributed by atoms with Crippen LogP contribution < -0.4 is 10.6 Å². The van der Waals surface area contributed by atoms with E-state index in [4.69, 9.17) is 4.42 Å². The average molecular weight is 407 g/mol. The molecule has 1 heterocycles. The van der Waals surface area contributed by atoms with E-state index in [-0.39, 0.29) is 23.4 Å². The second kappa shape index (κ2) is 8.49. The Hall–Kier alpha value is -3.48. The van der Waals surface area contributed by atoms with Crippen molar-refractivity contribution in [1.29, 1.82) is 0 Å². The molecule has 0 saturated heterocycles. The van der Waals surface area contributed by atoms with Crippen LogP contribution in [0.25, 0.3) is 0 Å². The summed E-state index contributed by atoms with van der Waals surface area (Å²) in [6.45, 7) is 1.77. The molecule has 2 aromatic carbocycles. The zero-order chi connectivity index (χ0) is 21.1. The summed E-state index contributed by atoms with van der Waals surface area (Å²) < 4.78 is 19.0. The molecule has 1 aliphatic rings. The van der Waals surface area contributed by atoms with Crippen molar-refractivity contribution in [2.24, 2.45) is 5.92 Å². The first-order valence-electron chi connectivity index (χ1n) is 9.87. The second-order valence-corrected chi connectivity index (χ2v) is 7.51. The maximum absolute atomic E-state index is 13.5. The van der Waals surface area contributed by atoms with Gasteiger partial charge in [0.05, 0.1) is 0 Å². The fourth-order valence-corrected chi connectivity index (χ4v) is 3.15. The average Bonchev–Trinajstić information content (AvgIpc) is 3.47. The molecule has 30 heavy (non-hydrogen) atoms. The van der Waals surface area contributed by atoms with Crippen molar-refractivity contribution in [3.05, 3.63) is 83.3 Å². The minimum atomic E-state index is -0.509. The van der Waals surface area contributed by atoms with Crippen molar-refractivity contribution < 1.29 is 18.4 Å². The predicted octanol–water partition coefficient (Wildman–Crippen LogP) is 4.18. The molecule has 154 valence electrons. The fraction of sp³-hybridized carbons (Fsp3) is 0.261. The number of benzene rings is 2. The van der Waals surface area contributed by atoms with Crippen molar-refractivity contribution in [2.45, 2.75) is 32.2 Å². The van der Waals surface area contributed by atoms with Crippen LogP contribution in [0.4, 0.5) is 10.1 Å². The SMILES string of the molecule is Cc1ccc(F)cc1NC(=O)c1coc([C@@H](Cc2ccccc2)NC(=O)C2CC2)n1. The lowest BCUT2D eigenvalue weighted by Crippen LogP contribution is -2.31. The van der Waals surface area contributed by atoms with Crippen molar-refractivity contribution in [2.75, 3.05) is 5.32 Å². The Morgan fingerprint density at radius 3 is 2.70 bits per heavy atom. The molecule has 1 atom stereocenters. The third-order valence-corrected chi connectivity index (χ3v) is 5.05. The Labute approximate surface area is 173 Å². The van der Waals surface area contributed by atoms with E-state index >= 15 is 0 Å². The van der Waals surface area contributed by atoms with E-state index in [1.165, 1.54) is 18.4 Å². The Kier molecular flexibility index (Phi) is 5.61. The molecule has 0 unspecified atom stereocenters. The minimum absolute atomic E-state index is 0.0319. The number of carbonyl (C=O) groups excluding carboxylic acids is 2. The number of halogens is 1. The van der Waals surface area contributed by atoms with Crippen LogP contribution in [0.2, 0.25) is 0 Å². The molecule has 4 rings (SSSR count). The van der Waals surface area contributed by atoms with Gasteiger partial charge in [0.2, 0.25) is 11.8 Å². The maximum Gasteiger partial charge on any atom is 0.277 e. The molecule has 0 bridgehead atoms. The lowest BCUT2D eigenvalue weighted by atomic mass is 10.1. The molecule has 1 saturated carbocycles. The molecular weight excluding hydrogens is 385 g/mol. The molecule has 2 amide bonds. The van der Waals surface area contributed by atoms with E-state index in [1.807, 2.05) is 30.3 Å². The van der Waals surface area contributed by atoms with Crippen LogP contribution >= 0.6 is 0 Å². The summed E-state index contributed by atoms with van der Waals surface area (Å²) in [6, 6.07) is 13.4. The van der Waals surface area contributed by atoms with Gasteiger partial charge in [-0.2, -0.15) is 0 Å². The number of nitrogens with one attached hydrogen (secondary N) is 2. The minimum Gasteiger partial charge on any atom is -0.446 e. The first kappa shape index (κ1) is 19.8. The number of nitrogens with zero attached hydrogens (tertiary/aromatic N) is 1. The number of carbonyl (C=O) groups is 2. The van der Waals surface area contributed by atoms with E-state index in [1.54, 1.807) is 13.0 Å². The van der Waals surface area contributed by atoms with Crippen LogP contribution in [-0.2, 0) is 11.2 Å². The first-order chi connectivity index (χ1) is 14.5. The highest BCUT2D eigenvalue weighted by molar-refractivity contribution is 6.03. The lowest BCUT2D eigenvalue weighted by Gasteiger charge is -2.15. The Morgan fingerprint density at radius 1 is 1.20 bits per heavy atom. The van der Waals surface area contributed by atoms with E-state index in [0.717, 1.165) is 24.0 Å². The quantitative estimate of drug-likeness (QED) is 0.615. The molecule has 2 N–H and O–H groups in total. The summed E-state index contributed by atoms with van der Waals surface area (Å²) in [5.74, 6) is -0.686. The molecule has 1 fully saturated rings. The smallest absolute Gasteiger partial charge is 0.277 e. The Bertz CT molecular complexity index is 1060. The third kappa shape index (κ3) is 4.74. The van der Waals surface area contributed by atoms with Gasteiger partial charge in [-0.3, -0.25) is 9.59 Å². The number of hydrogen-bond acceptors (Lipinski definition) is 4. The molecule has 1 aliphatic carbocycles. The standard InChI is InChI=1S/C23H22FN3O3/c1-14-7-10-17(24)12-18(14)25-22(29)20-13-30-23(27-20)19(26-21(28)16-8-9-16)11-15-5-3-2-4-6-15/h2-7,10,12-13,16,19H,8-9,11H2,1H3,(H,25,29)(H,26,28)/t19-/m1/s1. The zero-order valence-electron chi connectivity index (χ0n) is 16.5. The highest BCUT2D eigenvalue weighted by Gasteiger charge is 2.32. The van der Waals surface area contributed by atoms with Crippen LogP contribution in [-0.4, -0.2) is 16.8 Å². The van der Waals surface area contributed by atoms with Crippen LogP contribution in [0.3, 0.4) is 0 Å². The normalized spacial score (nSPS) is 14.2. The number of anilines is 1. The van der Waals surface area contributed by atoms with E-state index < -0.39 is 17.8 Å². The van der Waals surface area contributed by atoms with Gasteiger partial charge in [0, 0.05) is 18.0 Å². The van der Waals surface area contributed by atoms with Gasteiger partial charge in [0.15, 0.2) is 5.69 Å². The third-order valence-electron chi connectivity index (χ3n) is 5.05. The monoisotopic (exact) mass is 407 g/mol. The van der Waals surface area contributed by atoms with Gasteiger partial charge in [0.1, 0.15) is 18.1 Å². The van der Waals surface area contributed by atoms with Crippen LogP contribution in [0.5, 0.6) is 0 Å². The topological polar surface area (TPSA) is 84.2 Å². The largest absolute Gasteiger partial charge is 0.446 e. The second-order valence-electron chi connectivity index (χ2n) is 7.51. The van der Waals surface area contributed by atoms with Crippen molar-refractivity contribution in [1.82, 2.24) is 10.3 Å². The summed E-state index contributed by atoms with van der Waals surface area (Å²) >= 11 is 0. The summed E-state index contributed by atoms with van der Waals surface area (Å²) in [6.07, 6.45) is 3.51. The van der Waals surface area contributed by atoms with Crippen LogP contribution in [0.1, 0.15) is 46.4 Å². The first-order valence-corrected chi connectivity index (χ1v) is 9.87. The lowest BCUT2D eigenvalue weighted by molar-refractivity contribution is -0.123. The van der Waals surface area contributed by atoms with Crippen molar-refractivity contribution in [3.8, 4) is 0 Å². The number of oxazole rings is 1. The predicted molar refractivity (Wildman–Crippen MR) is 109 cm³/mol. The summed E-state index contributed by atoms with van der Waals surface area (Å²) in [5.41, 5.74) is 2.17. The number of aromatic nitrogens is 1. The molecular formula is C23H22FN3O3. The summed E-state index contributed by atoms with van der Waals surface area (Å²) in [7, 11) is 0. The molecule has 0 aliphatic heterocycles. The molecule has 0 spiro atoms. The van der Waals surface area contributed by atoms with Gasteiger partial charge in [-0.05, 0) is 43.0 Å². The van der Waals surface area contributed by atoms with Crippen molar-refractivity contribution in [3.63, 3.8) is 0 Å². The van der Waals surface area contributed by atoms with Crippen molar-refractivity contribution >= 4 is 17.5 Å². The van der Waals surface area contributed by atoms with Gasteiger partial charge < -0.3 is 15.1 Å². The molecule has 1 aromatic heterocycles. The van der Waals surface area contributed by atoms with E-state index in [0.29, 0.717) is 12.1 Å². The Balaban J connectivity index is 1.52. The number of aryl methyl sites for hydroxylation is 1. The summed E-state index contributed by atoms with van der Waals surface area (Å²) in [5, 5.41) is 5.64. The highest BCUT2D eigenvalue weighted by atomic mass is 19.1. The van der Waals surface area contributed by atoms with Gasteiger partial charge in [-0.25, -0.2) is 9.37 Å². The highest BCUT2D eigenvalue weighted by Crippen LogP contribution is 2.30. The zero-order valence-corrected chi connectivity index (χ0v) is 16.5. The van der Waals surface area contributed by atoms with Gasteiger partial charge >= 0.3 is 0 Å². The Morgan fingerprint density at radius 2 is 1.97 bits per heavy atom. The number of hydrogen-bond donors (Lipinski definition) is 2. The van der Waals surface area contributed by atoms with Gasteiger partial charge in [-0.15, -0.1) is 0 Å². The van der Waals surface area contributed by atoms with Crippen LogP contribution in [0, 0.1) is 18.7 Å². The molecule has 6 nitrogen and oxygen atoms in total. The van der Waals surface area contributed by atoms with Gasteiger partial charge in [-0.1, -0.05) is 36.4 Å². The van der Waals surface area contributed by atoms with E-state index in [2.05, 4.69) is 15.6 Å². The molecule has 3 aromatic rings. The number of amides is 2. The fourth-order valence-electron chi connectivity index (χ4n) is 3.15. The van der Waals surface area contributed by atoms with Crippen LogP contribution in [0.15, 0.2) is 59.2 Å². The van der Waals surface area contributed by atoms with Gasteiger partial charge in [0.25, 0.3) is 5.91 Å². The van der Waals surface area contributed by atoms with E-state index in [9.17, 15) is 14.0 Å². The maximum atomic E-state index is 13.5. The molecule has 7 heteroatoms. The molecule has 0 radical (unpaired) electrons.